The lowest BCUT2D eigenvalue weighted by atomic mass is 9.89. The number of halogens is 4. The Bertz CT molecular complexity index is 912. The molecule has 170 valence electrons. The van der Waals surface area contributed by atoms with Crippen LogP contribution in [0.5, 0.6) is 5.75 Å². The van der Waals surface area contributed by atoms with Gasteiger partial charge in [-0.25, -0.2) is 18.7 Å². The minimum Gasteiger partial charge on any atom is -0.488 e. The van der Waals surface area contributed by atoms with E-state index < -0.39 is 53.1 Å². The molecule has 1 aromatic carbocycles. The molecular weight excluding hydrogens is 416 g/mol. The van der Waals surface area contributed by atoms with E-state index in [1.54, 1.807) is 13.8 Å². The lowest BCUT2D eigenvalue weighted by Crippen LogP contribution is -2.23. The molecule has 0 fully saturated rings. The van der Waals surface area contributed by atoms with Crippen molar-refractivity contribution in [3.8, 4) is 5.75 Å². The van der Waals surface area contributed by atoms with Gasteiger partial charge in [-0.05, 0) is 12.8 Å². The Kier molecular flexibility index (Phi) is 7.62. The Balaban J connectivity index is 2.27. The van der Waals surface area contributed by atoms with Crippen molar-refractivity contribution in [2.24, 2.45) is 5.92 Å². The van der Waals surface area contributed by atoms with Crippen molar-refractivity contribution < 1.29 is 31.8 Å². The van der Waals surface area contributed by atoms with Crippen LogP contribution in [0.3, 0.4) is 0 Å². The fourth-order valence-electron chi connectivity index (χ4n) is 2.97. The molecule has 1 unspecified atom stereocenters. The average molecular weight is 442 g/mol. The monoisotopic (exact) mass is 442 g/mol. The van der Waals surface area contributed by atoms with Crippen molar-refractivity contribution in [2.75, 3.05) is 6.61 Å². The summed E-state index contributed by atoms with van der Waals surface area (Å²) >= 11 is 0. The van der Waals surface area contributed by atoms with Gasteiger partial charge in [-0.2, -0.15) is 8.78 Å². The summed E-state index contributed by atoms with van der Waals surface area (Å²) in [4.78, 5) is 21.2. The first-order chi connectivity index (χ1) is 14.4. The molecule has 0 aliphatic carbocycles. The van der Waals surface area contributed by atoms with Gasteiger partial charge in [-0.3, -0.25) is 4.79 Å². The van der Waals surface area contributed by atoms with E-state index in [0.29, 0.717) is 11.4 Å². The summed E-state index contributed by atoms with van der Waals surface area (Å²) < 4.78 is 66.2. The third-order valence-corrected chi connectivity index (χ3v) is 4.58. The first kappa shape index (κ1) is 24.6. The molecule has 2 aromatic rings. The predicted molar refractivity (Wildman–Crippen MR) is 106 cm³/mol. The number of hydrogen-bond donors (Lipinski definition) is 0. The number of benzene rings is 1. The maximum Gasteiger partial charge on any atom is 0.314 e. The smallest absolute Gasteiger partial charge is 0.314 e. The van der Waals surface area contributed by atoms with Gasteiger partial charge in [-0.15, -0.1) is 0 Å². The standard InChI is InChI=1S/C22H26F4N2O3/c1-7-30-19-17(25)15(23)13(16(24)18(19)26)10-31-20(29)14(11(2)3)12-8-27-21(28-9-12)22(4,5)6/h8-9,11,14H,7,10H2,1-6H3. The summed E-state index contributed by atoms with van der Waals surface area (Å²) in [5, 5.41) is 0. The zero-order valence-electron chi connectivity index (χ0n) is 18.4. The molecule has 0 radical (unpaired) electrons. The molecule has 0 spiro atoms. The molecule has 31 heavy (non-hydrogen) atoms. The second-order valence-electron chi connectivity index (χ2n) is 8.42. The quantitative estimate of drug-likeness (QED) is 0.335. The molecule has 0 aliphatic rings. The van der Waals surface area contributed by atoms with E-state index in [9.17, 15) is 22.4 Å². The van der Waals surface area contributed by atoms with Gasteiger partial charge in [-0.1, -0.05) is 34.6 Å². The molecule has 0 amide bonds. The van der Waals surface area contributed by atoms with Crippen LogP contribution in [0, 0.1) is 29.2 Å². The van der Waals surface area contributed by atoms with Crippen LogP contribution in [0.2, 0.25) is 0 Å². The van der Waals surface area contributed by atoms with Crippen molar-refractivity contribution >= 4 is 5.97 Å². The molecule has 5 nitrogen and oxygen atoms in total. The summed E-state index contributed by atoms with van der Waals surface area (Å²) in [5.41, 5.74) is -0.866. The second kappa shape index (κ2) is 9.62. The van der Waals surface area contributed by atoms with Crippen LogP contribution in [0.4, 0.5) is 17.6 Å². The van der Waals surface area contributed by atoms with E-state index in [4.69, 9.17) is 4.74 Å². The van der Waals surface area contributed by atoms with Crippen LogP contribution in [0.25, 0.3) is 0 Å². The fraction of sp³-hybridized carbons (Fsp3) is 0.500. The molecule has 0 saturated heterocycles. The molecule has 1 atom stereocenters. The molecule has 0 N–H and O–H groups in total. The van der Waals surface area contributed by atoms with E-state index in [1.165, 1.54) is 19.3 Å². The zero-order valence-corrected chi connectivity index (χ0v) is 18.4. The number of aromatic nitrogens is 2. The molecule has 0 aliphatic heterocycles. The van der Waals surface area contributed by atoms with Gasteiger partial charge in [0, 0.05) is 23.4 Å². The lowest BCUT2D eigenvalue weighted by Gasteiger charge is -2.21. The molecule has 2 rings (SSSR count). The minimum absolute atomic E-state index is 0.187. The normalized spacial score (nSPS) is 12.7. The lowest BCUT2D eigenvalue weighted by molar-refractivity contribution is -0.148. The van der Waals surface area contributed by atoms with E-state index in [0.717, 1.165) is 0 Å². The van der Waals surface area contributed by atoms with Crippen LogP contribution in [0.1, 0.15) is 64.4 Å². The van der Waals surface area contributed by atoms with Gasteiger partial charge < -0.3 is 9.47 Å². The maximum atomic E-state index is 14.2. The number of carbonyl (C=O) groups excluding carboxylic acids is 1. The SMILES string of the molecule is CCOc1c(F)c(F)c(COC(=O)C(c2cnc(C(C)(C)C)nc2)C(C)C)c(F)c1F. The number of rotatable bonds is 7. The summed E-state index contributed by atoms with van der Waals surface area (Å²) in [5.74, 6) is -9.20. The summed E-state index contributed by atoms with van der Waals surface area (Å²) in [6.07, 6.45) is 2.99. The van der Waals surface area contributed by atoms with Gasteiger partial charge in [0.15, 0.2) is 17.4 Å². The predicted octanol–water partition coefficient (Wildman–Crippen LogP) is 5.21. The number of nitrogens with zero attached hydrogens (tertiary/aromatic N) is 2. The summed E-state index contributed by atoms with van der Waals surface area (Å²) in [7, 11) is 0. The molecular formula is C22H26F4N2O3. The Morgan fingerprint density at radius 1 is 1.00 bits per heavy atom. The Morgan fingerprint density at radius 3 is 1.94 bits per heavy atom. The van der Waals surface area contributed by atoms with Crippen LogP contribution in [-0.4, -0.2) is 22.5 Å². The van der Waals surface area contributed by atoms with Gasteiger partial charge in [0.1, 0.15) is 12.4 Å². The van der Waals surface area contributed by atoms with Crippen LogP contribution >= 0.6 is 0 Å². The minimum atomic E-state index is -1.68. The average Bonchev–Trinajstić information content (AvgIpc) is 2.69. The Hall–Kier alpha value is -2.71. The van der Waals surface area contributed by atoms with Gasteiger partial charge in [0.05, 0.1) is 18.1 Å². The highest BCUT2D eigenvalue weighted by Crippen LogP contribution is 2.32. The number of esters is 1. The molecule has 9 heteroatoms. The van der Waals surface area contributed by atoms with E-state index >= 15 is 0 Å². The largest absolute Gasteiger partial charge is 0.488 e. The molecule has 1 aromatic heterocycles. The van der Waals surface area contributed by atoms with Crippen LogP contribution in [-0.2, 0) is 21.6 Å². The third-order valence-electron chi connectivity index (χ3n) is 4.58. The third kappa shape index (κ3) is 5.32. The van der Waals surface area contributed by atoms with Gasteiger partial charge >= 0.3 is 5.97 Å². The highest BCUT2D eigenvalue weighted by molar-refractivity contribution is 5.78. The van der Waals surface area contributed by atoms with Crippen molar-refractivity contribution in [2.45, 2.75) is 59.5 Å². The van der Waals surface area contributed by atoms with Crippen molar-refractivity contribution in [1.29, 1.82) is 0 Å². The summed E-state index contributed by atoms with van der Waals surface area (Å²) in [6.45, 7) is 9.56. The Morgan fingerprint density at radius 2 is 1.52 bits per heavy atom. The Labute approximate surface area is 178 Å². The van der Waals surface area contributed by atoms with Crippen molar-refractivity contribution in [3.05, 3.63) is 52.6 Å². The topological polar surface area (TPSA) is 61.3 Å². The van der Waals surface area contributed by atoms with Crippen molar-refractivity contribution in [1.82, 2.24) is 9.97 Å². The number of ether oxygens (including phenoxy) is 2. The molecule has 0 bridgehead atoms. The zero-order chi connectivity index (χ0) is 23.5. The van der Waals surface area contributed by atoms with Crippen LogP contribution < -0.4 is 4.74 Å². The fourth-order valence-corrected chi connectivity index (χ4v) is 2.97. The van der Waals surface area contributed by atoms with Gasteiger partial charge in [0.2, 0.25) is 11.6 Å². The van der Waals surface area contributed by atoms with E-state index in [2.05, 4.69) is 14.7 Å². The highest BCUT2D eigenvalue weighted by Gasteiger charge is 2.30. The number of hydrogen-bond acceptors (Lipinski definition) is 5. The van der Waals surface area contributed by atoms with Crippen molar-refractivity contribution in [3.63, 3.8) is 0 Å². The van der Waals surface area contributed by atoms with Gasteiger partial charge in [0.25, 0.3) is 0 Å². The first-order valence-electron chi connectivity index (χ1n) is 9.86. The second-order valence-corrected chi connectivity index (χ2v) is 8.42. The highest BCUT2D eigenvalue weighted by atomic mass is 19.2. The maximum absolute atomic E-state index is 14.2. The van der Waals surface area contributed by atoms with Crippen LogP contribution in [0.15, 0.2) is 12.4 Å². The van der Waals surface area contributed by atoms with E-state index in [-0.39, 0.29) is 17.9 Å². The van der Waals surface area contributed by atoms with E-state index in [1.807, 2.05) is 20.8 Å². The number of carbonyl (C=O) groups is 1. The molecule has 0 saturated carbocycles. The molecule has 1 heterocycles. The summed E-state index contributed by atoms with van der Waals surface area (Å²) in [6, 6.07) is 0. The first-order valence-corrected chi connectivity index (χ1v) is 9.86.